The molecule has 0 radical (unpaired) electrons. The third-order valence-corrected chi connectivity index (χ3v) is 5.63. The Morgan fingerprint density at radius 2 is 2.00 bits per heavy atom. The number of carbonyl (C=O) groups excluding carboxylic acids is 1. The predicted molar refractivity (Wildman–Crippen MR) is 94.4 cm³/mol. The number of hydrogen-bond donors (Lipinski definition) is 1. The zero-order chi connectivity index (χ0) is 17.4. The largest absolute Gasteiger partial charge is 0.355 e. The standard InChI is InChI=1S/C17H25N7O/c1-12-13(2)23(10-7-18-12)17(25)14-5-8-22(9-6-14)16-4-3-15-20-19-11-24(15)21-16/h3-4,11-14,18H,5-10H2,1-2H3. The van der Waals surface area contributed by atoms with Gasteiger partial charge in [-0.3, -0.25) is 4.79 Å². The number of fused-ring (bicyclic) bond motifs is 1. The Balaban J connectivity index is 1.40. The van der Waals surface area contributed by atoms with Crippen LogP contribution in [0.25, 0.3) is 5.65 Å². The first-order valence-corrected chi connectivity index (χ1v) is 9.09. The number of carbonyl (C=O) groups is 1. The molecule has 4 rings (SSSR count). The molecule has 1 amide bonds. The third-order valence-electron chi connectivity index (χ3n) is 5.63. The van der Waals surface area contributed by atoms with Crippen LogP contribution in [-0.2, 0) is 4.79 Å². The summed E-state index contributed by atoms with van der Waals surface area (Å²) in [7, 11) is 0. The molecule has 4 heterocycles. The van der Waals surface area contributed by atoms with Gasteiger partial charge in [-0.2, -0.15) is 4.52 Å². The average Bonchev–Trinajstić information content (AvgIpc) is 3.11. The van der Waals surface area contributed by atoms with Crippen LogP contribution in [0.3, 0.4) is 0 Å². The molecule has 8 heteroatoms. The summed E-state index contributed by atoms with van der Waals surface area (Å²) in [5.74, 6) is 1.37. The van der Waals surface area contributed by atoms with Crippen molar-refractivity contribution in [2.45, 2.75) is 38.8 Å². The Morgan fingerprint density at radius 3 is 2.80 bits per heavy atom. The number of rotatable bonds is 2. The van der Waals surface area contributed by atoms with Crippen molar-refractivity contribution < 1.29 is 4.79 Å². The molecule has 1 N–H and O–H groups in total. The van der Waals surface area contributed by atoms with Gasteiger partial charge in [0.05, 0.1) is 0 Å². The topological polar surface area (TPSA) is 78.7 Å². The van der Waals surface area contributed by atoms with Gasteiger partial charge >= 0.3 is 0 Å². The second-order valence-electron chi connectivity index (χ2n) is 7.10. The van der Waals surface area contributed by atoms with E-state index in [1.54, 1.807) is 10.8 Å². The zero-order valence-corrected chi connectivity index (χ0v) is 14.8. The van der Waals surface area contributed by atoms with E-state index in [0.29, 0.717) is 11.9 Å². The van der Waals surface area contributed by atoms with Gasteiger partial charge in [-0.15, -0.1) is 15.3 Å². The summed E-state index contributed by atoms with van der Waals surface area (Å²) >= 11 is 0. The second kappa shape index (κ2) is 6.59. The molecule has 2 unspecified atom stereocenters. The van der Waals surface area contributed by atoms with E-state index in [4.69, 9.17) is 0 Å². The normalized spacial score (nSPS) is 25.5. The molecule has 2 aliphatic heterocycles. The number of nitrogens with one attached hydrogen (secondary N) is 1. The van der Waals surface area contributed by atoms with E-state index in [9.17, 15) is 4.79 Å². The number of amides is 1. The van der Waals surface area contributed by atoms with E-state index in [2.05, 4.69) is 44.3 Å². The van der Waals surface area contributed by atoms with Crippen LogP contribution >= 0.6 is 0 Å². The minimum atomic E-state index is 0.127. The summed E-state index contributed by atoms with van der Waals surface area (Å²) < 4.78 is 1.69. The summed E-state index contributed by atoms with van der Waals surface area (Å²) in [6.07, 6.45) is 3.37. The first-order chi connectivity index (χ1) is 12.1. The quantitative estimate of drug-likeness (QED) is 0.858. The lowest BCUT2D eigenvalue weighted by Gasteiger charge is -2.42. The van der Waals surface area contributed by atoms with Gasteiger partial charge in [0.2, 0.25) is 5.91 Å². The lowest BCUT2D eigenvalue weighted by molar-refractivity contribution is -0.140. The van der Waals surface area contributed by atoms with Crippen LogP contribution in [0.4, 0.5) is 5.82 Å². The highest BCUT2D eigenvalue weighted by molar-refractivity contribution is 5.79. The second-order valence-corrected chi connectivity index (χ2v) is 7.10. The van der Waals surface area contributed by atoms with E-state index in [0.717, 1.165) is 50.5 Å². The number of piperazine rings is 1. The maximum atomic E-state index is 12.9. The van der Waals surface area contributed by atoms with Gasteiger partial charge in [0, 0.05) is 44.2 Å². The molecule has 2 saturated heterocycles. The predicted octanol–water partition coefficient (Wildman–Crippen LogP) is 0.550. The van der Waals surface area contributed by atoms with Gasteiger partial charge in [-0.25, -0.2) is 0 Å². The summed E-state index contributed by atoms with van der Waals surface area (Å²) in [6, 6.07) is 4.53. The third kappa shape index (κ3) is 3.06. The van der Waals surface area contributed by atoms with E-state index in [-0.39, 0.29) is 12.0 Å². The first-order valence-electron chi connectivity index (χ1n) is 9.09. The molecule has 0 saturated carbocycles. The number of hydrogen-bond acceptors (Lipinski definition) is 6. The molecule has 8 nitrogen and oxygen atoms in total. The maximum Gasteiger partial charge on any atom is 0.226 e. The number of anilines is 1. The van der Waals surface area contributed by atoms with E-state index >= 15 is 0 Å². The molecule has 2 fully saturated rings. The molecular formula is C17H25N7O. The molecule has 0 bridgehead atoms. The summed E-state index contributed by atoms with van der Waals surface area (Å²) in [4.78, 5) is 17.3. The van der Waals surface area contributed by atoms with Gasteiger partial charge in [-0.05, 0) is 38.8 Å². The van der Waals surface area contributed by atoms with Crippen LogP contribution in [0.1, 0.15) is 26.7 Å². The van der Waals surface area contributed by atoms with Crippen LogP contribution < -0.4 is 10.2 Å². The minimum Gasteiger partial charge on any atom is -0.355 e. The van der Waals surface area contributed by atoms with Crippen molar-refractivity contribution in [3.05, 3.63) is 18.5 Å². The highest BCUT2D eigenvalue weighted by Gasteiger charge is 2.34. The van der Waals surface area contributed by atoms with Crippen LogP contribution in [0.15, 0.2) is 18.5 Å². The Morgan fingerprint density at radius 1 is 1.20 bits per heavy atom. The SMILES string of the molecule is CC1NCCN(C(=O)C2CCN(c3ccc4nncn4n3)CC2)C1C. The lowest BCUT2D eigenvalue weighted by atomic mass is 9.93. The van der Waals surface area contributed by atoms with Crippen LogP contribution in [0.2, 0.25) is 0 Å². The maximum absolute atomic E-state index is 12.9. The van der Waals surface area contributed by atoms with Gasteiger partial charge in [-0.1, -0.05) is 0 Å². The number of nitrogens with zero attached hydrogens (tertiary/aromatic N) is 6. The minimum absolute atomic E-state index is 0.127. The van der Waals surface area contributed by atoms with Crippen LogP contribution in [0.5, 0.6) is 0 Å². The van der Waals surface area contributed by atoms with E-state index in [1.165, 1.54) is 0 Å². The highest BCUT2D eigenvalue weighted by Crippen LogP contribution is 2.25. The average molecular weight is 343 g/mol. The Bertz CT molecular complexity index is 752. The van der Waals surface area contributed by atoms with Gasteiger partial charge < -0.3 is 15.1 Å². The molecule has 25 heavy (non-hydrogen) atoms. The van der Waals surface area contributed by atoms with Crippen molar-refractivity contribution in [3.63, 3.8) is 0 Å². The zero-order valence-electron chi connectivity index (χ0n) is 14.8. The fraction of sp³-hybridized carbons (Fsp3) is 0.647. The molecule has 0 aromatic carbocycles. The molecule has 0 spiro atoms. The smallest absolute Gasteiger partial charge is 0.226 e. The Hall–Kier alpha value is -2.22. The van der Waals surface area contributed by atoms with Crippen molar-refractivity contribution in [2.75, 3.05) is 31.1 Å². The fourth-order valence-corrected chi connectivity index (χ4v) is 3.84. The molecule has 2 atom stereocenters. The molecule has 134 valence electrons. The molecule has 0 aliphatic carbocycles. The highest BCUT2D eigenvalue weighted by atomic mass is 16.2. The Labute approximate surface area is 147 Å². The summed E-state index contributed by atoms with van der Waals surface area (Å²) in [5, 5.41) is 15.8. The summed E-state index contributed by atoms with van der Waals surface area (Å²) in [6.45, 7) is 7.71. The Kier molecular flexibility index (Phi) is 4.29. The van der Waals surface area contributed by atoms with Crippen molar-refractivity contribution in [1.29, 1.82) is 0 Å². The molecule has 2 aromatic heterocycles. The number of aromatic nitrogens is 4. The molecular weight excluding hydrogens is 318 g/mol. The molecule has 2 aromatic rings. The van der Waals surface area contributed by atoms with Crippen LogP contribution in [-0.4, -0.2) is 68.9 Å². The van der Waals surface area contributed by atoms with Crippen molar-refractivity contribution in [3.8, 4) is 0 Å². The van der Waals surface area contributed by atoms with Gasteiger partial charge in [0.1, 0.15) is 12.1 Å². The van der Waals surface area contributed by atoms with Crippen molar-refractivity contribution >= 4 is 17.4 Å². The van der Waals surface area contributed by atoms with Crippen molar-refractivity contribution in [2.24, 2.45) is 5.92 Å². The van der Waals surface area contributed by atoms with E-state index < -0.39 is 0 Å². The van der Waals surface area contributed by atoms with Crippen LogP contribution in [0, 0.1) is 5.92 Å². The van der Waals surface area contributed by atoms with E-state index in [1.807, 2.05) is 12.1 Å². The van der Waals surface area contributed by atoms with Gasteiger partial charge in [0.25, 0.3) is 0 Å². The molecule has 2 aliphatic rings. The van der Waals surface area contributed by atoms with Gasteiger partial charge in [0.15, 0.2) is 5.65 Å². The number of piperidine rings is 1. The monoisotopic (exact) mass is 343 g/mol. The van der Waals surface area contributed by atoms with Crippen molar-refractivity contribution in [1.82, 2.24) is 30.0 Å². The fourth-order valence-electron chi connectivity index (χ4n) is 3.84. The first kappa shape index (κ1) is 16.3. The lowest BCUT2D eigenvalue weighted by Crippen LogP contribution is -2.59. The summed E-state index contributed by atoms with van der Waals surface area (Å²) in [5.41, 5.74) is 0.746.